The summed E-state index contributed by atoms with van der Waals surface area (Å²) in [5.74, 6) is 1.98. The van der Waals surface area contributed by atoms with Crippen LogP contribution in [0.15, 0.2) is 12.3 Å². The quantitative estimate of drug-likeness (QED) is 0.704. The molecule has 1 aliphatic heterocycles. The van der Waals surface area contributed by atoms with E-state index in [-0.39, 0.29) is 6.61 Å². The van der Waals surface area contributed by atoms with Crippen LogP contribution in [0.1, 0.15) is 51.9 Å². The number of hydrogen-bond acceptors (Lipinski definition) is 6. The lowest BCUT2D eigenvalue weighted by atomic mass is 10.1. The maximum absolute atomic E-state index is 9.53. The van der Waals surface area contributed by atoms with Crippen LogP contribution in [0.25, 0.3) is 5.65 Å². The Morgan fingerprint density at radius 3 is 2.72 bits per heavy atom. The Kier molecular flexibility index (Phi) is 6.44. The van der Waals surface area contributed by atoms with E-state index in [9.17, 15) is 5.11 Å². The van der Waals surface area contributed by atoms with Crippen LogP contribution in [0.3, 0.4) is 0 Å². The van der Waals surface area contributed by atoms with E-state index in [0.29, 0.717) is 6.54 Å². The van der Waals surface area contributed by atoms with Gasteiger partial charge >= 0.3 is 0 Å². The third-order valence-electron chi connectivity index (χ3n) is 4.89. The molecule has 0 atom stereocenters. The van der Waals surface area contributed by atoms with Crippen molar-refractivity contribution in [3.05, 3.63) is 12.3 Å². The molecular weight excluding hydrogens is 316 g/mol. The number of unbranched alkanes of at least 4 members (excludes halogenated alkanes) is 3. The summed E-state index contributed by atoms with van der Waals surface area (Å²) in [5.41, 5.74) is 0.773. The van der Waals surface area contributed by atoms with E-state index in [4.69, 9.17) is 4.98 Å². The molecule has 2 aromatic rings. The zero-order valence-electron chi connectivity index (χ0n) is 15.3. The molecule has 0 unspecified atom stereocenters. The molecule has 1 aliphatic rings. The summed E-state index contributed by atoms with van der Waals surface area (Å²) in [6.07, 6.45) is 10.3. The Hall–Kier alpha value is -1.89. The summed E-state index contributed by atoms with van der Waals surface area (Å²) < 4.78 is 1.79. The van der Waals surface area contributed by atoms with Crippen molar-refractivity contribution in [2.45, 2.75) is 51.9 Å². The first-order valence-electron chi connectivity index (χ1n) is 9.65. The molecule has 0 saturated carbocycles. The number of hydrogen-bond donors (Lipinski definition) is 1. The van der Waals surface area contributed by atoms with Gasteiger partial charge in [-0.2, -0.15) is 4.52 Å². The summed E-state index contributed by atoms with van der Waals surface area (Å²) in [7, 11) is 0. The molecular formula is C18H30N6O. The van der Waals surface area contributed by atoms with Gasteiger partial charge < -0.3 is 14.9 Å². The molecule has 7 nitrogen and oxygen atoms in total. The minimum atomic E-state index is 0.130. The van der Waals surface area contributed by atoms with Crippen LogP contribution in [0.5, 0.6) is 0 Å². The van der Waals surface area contributed by atoms with Gasteiger partial charge in [0.2, 0.25) is 0 Å². The van der Waals surface area contributed by atoms with Crippen molar-refractivity contribution in [1.82, 2.24) is 19.8 Å². The highest BCUT2D eigenvalue weighted by molar-refractivity contribution is 5.58. The second-order valence-electron chi connectivity index (χ2n) is 6.80. The van der Waals surface area contributed by atoms with Gasteiger partial charge in [-0.05, 0) is 25.7 Å². The molecule has 0 radical (unpaired) electrons. The van der Waals surface area contributed by atoms with Crippen molar-refractivity contribution in [2.75, 3.05) is 42.6 Å². The van der Waals surface area contributed by atoms with Gasteiger partial charge in [0.05, 0.1) is 12.8 Å². The number of nitrogens with zero attached hydrogens (tertiary/aromatic N) is 6. The highest BCUT2D eigenvalue weighted by Gasteiger charge is 2.18. The SMILES string of the molecule is CCCCCCN(CCO)c1cc(N2CCCCC2)nc2cnnn12. The molecule has 1 fully saturated rings. The first-order valence-corrected chi connectivity index (χ1v) is 9.65. The van der Waals surface area contributed by atoms with Crippen molar-refractivity contribution >= 4 is 17.3 Å². The lowest BCUT2D eigenvalue weighted by Crippen LogP contribution is -2.33. The Morgan fingerprint density at radius 1 is 1.12 bits per heavy atom. The largest absolute Gasteiger partial charge is 0.395 e. The van der Waals surface area contributed by atoms with Crippen LogP contribution < -0.4 is 9.80 Å². The van der Waals surface area contributed by atoms with Gasteiger partial charge in [0.15, 0.2) is 5.65 Å². The fourth-order valence-corrected chi connectivity index (χ4v) is 3.50. The van der Waals surface area contributed by atoms with E-state index in [1.54, 1.807) is 10.7 Å². The molecule has 138 valence electrons. The fourth-order valence-electron chi connectivity index (χ4n) is 3.50. The second-order valence-corrected chi connectivity index (χ2v) is 6.80. The second kappa shape index (κ2) is 8.99. The van der Waals surface area contributed by atoms with E-state index in [1.807, 2.05) is 0 Å². The standard InChI is InChI=1S/C18H30N6O/c1-2-3-4-6-11-23(12-13-25)18-14-16(22-9-7-5-8-10-22)20-17-15-19-21-24(17)18/h14-15,25H,2-13H2,1H3. The van der Waals surface area contributed by atoms with Crippen molar-refractivity contribution in [3.8, 4) is 0 Å². The molecule has 1 saturated heterocycles. The minimum absolute atomic E-state index is 0.130. The zero-order chi connectivity index (χ0) is 17.5. The first kappa shape index (κ1) is 17.9. The molecule has 0 aromatic carbocycles. The molecule has 0 bridgehead atoms. The van der Waals surface area contributed by atoms with E-state index >= 15 is 0 Å². The molecule has 2 aromatic heterocycles. The topological polar surface area (TPSA) is 69.8 Å². The van der Waals surface area contributed by atoms with Gasteiger partial charge in [0.25, 0.3) is 0 Å². The molecule has 3 heterocycles. The van der Waals surface area contributed by atoms with Crippen LogP contribution in [0, 0.1) is 0 Å². The van der Waals surface area contributed by atoms with Gasteiger partial charge in [-0.3, -0.25) is 0 Å². The van der Waals surface area contributed by atoms with E-state index < -0.39 is 0 Å². The van der Waals surface area contributed by atoms with Crippen molar-refractivity contribution in [2.24, 2.45) is 0 Å². The summed E-state index contributed by atoms with van der Waals surface area (Å²) >= 11 is 0. The lowest BCUT2D eigenvalue weighted by Gasteiger charge is -2.30. The maximum Gasteiger partial charge on any atom is 0.179 e. The van der Waals surface area contributed by atoms with Gasteiger partial charge in [-0.1, -0.05) is 31.4 Å². The van der Waals surface area contributed by atoms with E-state index in [2.05, 4.69) is 33.1 Å². The third-order valence-corrected chi connectivity index (χ3v) is 4.89. The normalized spacial score (nSPS) is 15.0. The zero-order valence-corrected chi connectivity index (χ0v) is 15.3. The van der Waals surface area contributed by atoms with E-state index in [1.165, 1.54) is 38.5 Å². The van der Waals surface area contributed by atoms with Crippen LogP contribution in [-0.2, 0) is 0 Å². The molecule has 1 N–H and O–H groups in total. The molecule has 0 aliphatic carbocycles. The molecule has 25 heavy (non-hydrogen) atoms. The van der Waals surface area contributed by atoms with Gasteiger partial charge in [0.1, 0.15) is 11.6 Å². The Bertz CT molecular complexity index is 652. The summed E-state index contributed by atoms with van der Waals surface area (Å²) in [5, 5.41) is 17.8. The highest BCUT2D eigenvalue weighted by Crippen LogP contribution is 2.24. The minimum Gasteiger partial charge on any atom is -0.395 e. The number of rotatable bonds is 9. The summed E-state index contributed by atoms with van der Waals surface area (Å²) in [6, 6.07) is 2.11. The van der Waals surface area contributed by atoms with Crippen molar-refractivity contribution in [1.29, 1.82) is 0 Å². The molecule has 7 heteroatoms. The van der Waals surface area contributed by atoms with Crippen molar-refractivity contribution < 1.29 is 5.11 Å². The third kappa shape index (κ3) is 4.39. The fraction of sp³-hybridized carbons (Fsp3) is 0.722. The molecule has 0 amide bonds. The number of fused-ring (bicyclic) bond motifs is 1. The predicted octanol–water partition coefficient (Wildman–Crippen LogP) is 2.49. The Labute approximate surface area is 149 Å². The number of aliphatic hydroxyl groups is 1. The number of aliphatic hydroxyl groups excluding tert-OH is 1. The highest BCUT2D eigenvalue weighted by atomic mass is 16.3. The van der Waals surface area contributed by atoms with Crippen LogP contribution >= 0.6 is 0 Å². The summed E-state index contributed by atoms with van der Waals surface area (Å²) in [6.45, 7) is 5.98. The number of piperidine rings is 1. The van der Waals surface area contributed by atoms with Gasteiger partial charge in [-0.25, -0.2) is 4.98 Å². The average Bonchev–Trinajstić information content (AvgIpc) is 3.13. The average molecular weight is 346 g/mol. The van der Waals surface area contributed by atoms with Crippen LogP contribution in [-0.4, -0.2) is 57.7 Å². The maximum atomic E-state index is 9.53. The first-order chi connectivity index (χ1) is 12.3. The van der Waals surface area contributed by atoms with Gasteiger partial charge in [-0.15, -0.1) is 5.10 Å². The van der Waals surface area contributed by atoms with Crippen LogP contribution in [0.2, 0.25) is 0 Å². The van der Waals surface area contributed by atoms with Gasteiger partial charge in [0, 0.05) is 32.2 Å². The lowest BCUT2D eigenvalue weighted by molar-refractivity contribution is 0.301. The summed E-state index contributed by atoms with van der Waals surface area (Å²) in [4.78, 5) is 9.32. The number of aromatic nitrogens is 4. The Balaban J connectivity index is 1.86. The molecule has 0 spiro atoms. The van der Waals surface area contributed by atoms with Crippen molar-refractivity contribution in [3.63, 3.8) is 0 Å². The smallest absolute Gasteiger partial charge is 0.179 e. The Morgan fingerprint density at radius 2 is 1.96 bits per heavy atom. The monoisotopic (exact) mass is 346 g/mol. The molecule has 3 rings (SSSR count). The number of anilines is 2. The van der Waals surface area contributed by atoms with Crippen LogP contribution in [0.4, 0.5) is 11.6 Å². The predicted molar refractivity (Wildman–Crippen MR) is 100 cm³/mol. The van der Waals surface area contributed by atoms with E-state index in [0.717, 1.165) is 43.3 Å².